The molecule has 0 spiro atoms. The fraction of sp³-hybridized carbons (Fsp3) is 0.333. The number of benzene rings is 3. The molecule has 0 saturated carbocycles. The quantitative estimate of drug-likeness (QED) is 0.259. The van der Waals surface area contributed by atoms with Crippen LogP contribution >= 0.6 is 35.0 Å². The summed E-state index contributed by atoms with van der Waals surface area (Å²) < 4.78 is 0. The second-order valence-electron chi connectivity index (χ2n) is 9.23. The molecule has 2 atom stereocenters. The number of carbonyl (C=O) groups excluding carboxylic acids is 2. The first-order valence-electron chi connectivity index (χ1n) is 12.5. The first-order chi connectivity index (χ1) is 17.8. The van der Waals surface area contributed by atoms with Crippen molar-refractivity contribution < 1.29 is 9.59 Å². The van der Waals surface area contributed by atoms with E-state index in [-0.39, 0.29) is 23.6 Å². The minimum atomic E-state index is -0.645. The maximum absolute atomic E-state index is 13.7. The van der Waals surface area contributed by atoms with Crippen LogP contribution in [0.2, 0.25) is 10.0 Å². The number of thioether (sulfide) groups is 1. The first kappa shape index (κ1) is 29.1. The molecule has 0 saturated heterocycles. The molecule has 0 fully saturated rings. The molecule has 7 heteroatoms. The van der Waals surface area contributed by atoms with Crippen LogP contribution in [-0.2, 0) is 28.3 Å². The zero-order valence-corrected chi connectivity index (χ0v) is 23.9. The molecule has 0 radical (unpaired) electrons. The molecule has 0 unspecified atom stereocenters. The molecule has 4 nitrogen and oxygen atoms in total. The lowest BCUT2D eigenvalue weighted by Crippen LogP contribution is -2.52. The van der Waals surface area contributed by atoms with E-state index >= 15 is 0 Å². The summed E-state index contributed by atoms with van der Waals surface area (Å²) >= 11 is 14.1. The average Bonchev–Trinajstić information content (AvgIpc) is 2.88. The zero-order chi connectivity index (χ0) is 26.8. The molecule has 0 aliphatic heterocycles. The van der Waals surface area contributed by atoms with Gasteiger partial charge < -0.3 is 10.2 Å². The van der Waals surface area contributed by atoms with Crippen molar-refractivity contribution in [2.45, 2.75) is 58.0 Å². The number of hydrogen-bond acceptors (Lipinski definition) is 3. The van der Waals surface area contributed by atoms with Gasteiger partial charge in [0.05, 0.1) is 5.75 Å². The highest BCUT2D eigenvalue weighted by atomic mass is 35.5. The summed E-state index contributed by atoms with van der Waals surface area (Å²) in [6.07, 6.45) is 1.24. The van der Waals surface area contributed by atoms with E-state index in [0.717, 1.165) is 28.7 Å². The summed E-state index contributed by atoms with van der Waals surface area (Å²) in [6.45, 7) is 6.38. The lowest BCUT2D eigenvalue weighted by atomic mass is 10.0. The number of nitrogens with zero attached hydrogens (tertiary/aromatic N) is 1. The normalized spacial score (nSPS) is 12.6. The zero-order valence-electron chi connectivity index (χ0n) is 21.5. The van der Waals surface area contributed by atoms with Crippen LogP contribution in [0.4, 0.5) is 0 Å². The average molecular weight is 558 g/mol. The van der Waals surface area contributed by atoms with E-state index in [1.165, 1.54) is 11.8 Å². The van der Waals surface area contributed by atoms with Crippen molar-refractivity contribution in [1.82, 2.24) is 10.2 Å². The van der Waals surface area contributed by atoms with Crippen LogP contribution in [0.1, 0.15) is 42.5 Å². The number of amides is 2. The Kier molecular flexibility index (Phi) is 11.4. The number of rotatable bonds is 12. The Labute approximate surface area is 234 Å². The summed E-state index contributed by atoms with van der Waals surface area (Å²) in [6, 6.07) is 22.7. The summed E-state index contributed by atoms with van der Waals surface area (Å²) in [4.78, 5) is 29.0. The second kappa shape index (κ2) is 14.5. The van der Waals surface area contributed by atoms with E-state index in [1.807, 2.05) is 69.3 Å². The minimum Gasteiger partial charge on any atom is -0.352 e. The topological polar surface area (TPSA) is 49.4 Å². The molecule has 2 amide bonds. The van der Waals surface area contributed by atoms with Crippen molar-refractivity contribution >= 4 is 46.8 Å². The van der Waals surface area contributed by atoms with Gasteiger partial charge >= 0.3 is 0 Å². The lowest BCUT2D eigenvalue weighted by Gasteiger charge is -2.32. The van der Waals surface area contributed by atoms with E-state index in [9.17, 15) is 9.59 Å². The van der Waals surface area contributed by atoms with Crippen LogP contribution in [0.5, 0.6) is 0 Å². The van der Waals surface area contributed by atoms with Crippen LogP contribution in [0.15, 0.2) is 72.8 Å². The van der Waals surface area contributed by atoms with Gasteiger partial charge in [-0.05, 0) is 49.1 Å². The van der Waals surface area contributed by atoms with Crippen LogP contribution in [0, 0.1) is 6.92 Å². The molecular weight excluding hydrogens is 523 g/mol. The molecule has 0 bridgehead atoms. The SMILES string of the molecule is CC[C@H](C)NC(=O)[C@@H](Cc1ccccc1)N(Cc1cccc(C)c1)C(=O)CSCc1c(Cl)cccc1Cl. The van der Waals surface area contributed by atoms with Crippen molar-refractivity contribution in [2.24, 2.45) is 0 Å². The maximum atomic E-state index is 13.7. The van der Waals surface area contributed by atoms with E-state index in [1.54, 1.807) is 23.1 Å². The van der Waals surface area contributed by atoms with Crippen LogP contribution in [0.25, 0.3) is 0 Å². The molecule has 0 aliphatic rings. The Morgan fingerprint density at radius 1 is 0.946 bits per heavy atom. The number of aryl methyl sites for hydroxylation is 1. The summed E-state index contributed by atoms with van der Waals surface area (Å²) in [5, 5.41) is 4.27. The second-order valence-corrected chi connectivity index (χ2v) is 11.0. The van der Waals surface area contributed by atoms with E-state index in [4.69, 9.17) is 23.2 Å². The van der Waals surface area contributed by atoms with Gasteiger partial charge in [0.25, 0.3) is 0 Å². The van der Waals surface area contributed by atoms with Gasteiger partial charge in [-0.2, -0.15) is 0 Å². The number of nitrogens with one attached hydrogen (secondary N) is 1. The van der Waals surface area contributed by atoms with Gasteiger partial charge in [-0.3, -0.25) is 9.59 Å². The van der Waals surface area contributed by atoms with E-state index < -0.39 is 6.04 Å². The molecule has 0 aliphatic carbocycles. The Balaban J connectivity index is 1.88. The monoisotopic (exact) mass is 556 g/mol. The molecule has 0 heterocycles. The van der Waals surface area contributed by atoms with Gasteiger partial charge in [0.15, 0.2) is 0 Å². The third-order valence-electron chi connectivity index (χ3n) is 6.24. The predicted octanol–water partition coefficient (Wildman–Crippen LogP) is 7.09. The molecule has 196 valence electrons. The standard InChI is InChI=1S/C30H34Cl2N2O2S/c1-4-22(3)33-30(36)28(17-23-11-6-5-7-12-23)34(18-24-13-8-10-21(2)16-24)29(35)20-37-19-25-26(31)14-9-15-27(25)32/h5-16,22,28H,4,17-20H2,1-3H3,(H,33,36)/t22-,28+/m0/s1. The highest BCUT2D eigenvalue weighted by Gasteiger charge is 2.31. The fourth-order valence-electron chi connectivity index (χ4n) is 4.00. The first-order valence-corrected chi connectivity index (χ1v) is 14.4. The summed E-state index contributed by atoms with van der Waals surface area (Å²) in [7, 11) is 0. The Bertz CT molecular complexity index is 1170. The number of halogens is 2. The van der Waals surface area contributed by atoms with Crippen molar-refractivity contribution in [3.63, 3.8) is 0 Å². The van der Waals surface area contributed by atoms with Crippen LogP contribution in [0.3, 0.4) is 0 Å². The highest BCUT2D eigenvalue weighted by Crippen LogP contribution is 2.28. The largest absolute Gasteiger partial charge is 0.352 e. The molecule has 3 aromatic carbocycles. The van der Waals surface area contributed by atoms with Crippen molar-refractivity contribution in [3.8, 4) is 0 Å². The smallest absolute Gasteiger partial charge is 0.243 e. The van der Waals surface area contributed by atoms with Crippen molar-refractivity contribution in [1.29, 1.82) is 0 Å². The molecule has 1 N–H and O–H groups in total. The number of carbonyl (C=O) groups is 2. The molecule has 3 aromatic rings. The highest BCUT2D eigenvalue weighted by molar-refractivity contribution is 7.99. The Morgan fingerprint density at radius 3 is 2.24 bits per heavy atom. The molecule has 37 heavy (non-hydrogen) atoms. The fourth-order valence-corrected chi connectivity index (χ4v) is 5.64. The molecular formula is C30H34Cl2N2O2S. The third-order valence-corrected chi connectivity index (χ3v) is 7.89. The Hall–Kier alpha value is -2.47. The number of hydrogen-bond donors (Lipinski definition) is 1. The van der Waals surface area contributed by atoms with E-state index in [0.29, 0.717) is 28.8 Å². The summed E-state index contributed by atoms with van der Waals surface area (Å²) in [5.74, 6) is 0.466. The lowest BCUT2D eigenvalue weighted by molar-refractivity contribution is -0.139. The van der Waals surface area contributed by atoms with Gasteiger partial charge in [-0.15, -0.1) is 11.8 Å². The minimum absolute atomic E-state index is 0.0124. The van der Waals surface area contributed by atoms with Gasteiger partial charge in [-0.25, -0.2) is 0 Å². The van der Waals surface area contributed by atoms with Gasteiger partial charge in [0.2, 0.25) is 11.8 Å². The van der Waals surface area contributed by atoms with Crippen LogP contribution in [-0.4, -0.2) is 34.6 Å². The maximum Gasteiger partial charge on any atom is 0.243 e. The molecule has 0 aromatic heterocycles. The van der Waals surface area contributed by atoms with Gasteiger partial charge in [0.1, 0.15) is 6.04 Å². The van der Waals surface area contributed by atoms with Crippen molar-refractivity contribution in [3.05, 3.63) is 105 Å². The van der Waals surface area contributed by atoms with Gasteiger partial charge in [0, 0.05) is 34.8 Å². The third kappa shape index (κ3) is 8.80. The van der Waals surface area contributed by atoms with Crippen molar-refractivity contribution in [2.75, 3.05) is 5.75 Å². The summed E-state index contributed by atoms with van der Waals surface area (Å²) in [5.41, 5.74) is 3.91. The van der Waals surface area contributed by atoms with Crippen LogP contribution < -0.4 is 5.32 Å². The van der Waals surface area contributed by atoms with Gasteiger partial charge in [-0.1, -0.05) is 96.4 Å². The Morgan fingerprint density at radius 2 is 1.59 bits per heavy atom. The molecule has 3 rings (SSSR count). The van der Waals surface area contributed by atoms with E-state index in [2.05, 4.69) is 11.4 Å². The predicted molar refractivity (Wildman–Crippen MR) is 156 cm³/mol.